The van der Waals surface area contributed by atoms with Gasteiger partial charge in [-0.2, -0.15) is 0 Å². The molecule has 1 unspecified atom stereocenters. The number of hydrogen-bond acceptors (Lipinski definition) is 6. The van der Waals surface area contributed by atoms with Crippen molar-refractivity contribution in [2.45, 2.75) is 6.42 Å². The monoisotopic (exact) mass is 363 g/mol. The average Bonchev–Trinajstić information content (AvgIpc) is 2.62. The van der Waals surface area contributed by atoms with Crippen molar-refractivity contribution in [2.24, 2.45) is 11.7 Å². The van der Waals surface area contributed by atoms with Gasteiger partial charge in [0.1, 0.15) is 5.82 Å². The maximum atomic E-state index is 12.9. The summed E-state index contributed by atoms with van der Waals surface area (Å²) in [5, 5.41) is 0. The van der Waals surface area contributed by atoms with Crippen LogP contribution >= 0.6 is 0 Å². The van der Waals surface area contributed by atoms with Crippen molar-refractivity contribution >= 4 is 11.8 Å². The first-order valence-corrected chi connectivity index (χ1v) is 8.63. The fourth-order valence-corrected chi connectivity index (χ4v) is 2.94. The second-order valence-corrected chi connectivity index (χ2v) is 6.62. The van der Waals surface area contributed by atoms with E-state index in [2.05, 4.69) is 16.8 Å². The van der Waals surface area contributed by atoms with Crippen molar-refractivity contribution in [3.8, 4) is 0 Å². The number of piperazine rings is 1. The third-order valence-corrected chi connectivity index (χ3v) is 4.54. The van der Waals surface area contributed by atoms with Crippen LogP contribution in [-0.2, 0) is 9.53 Å². The smallest absolute Gasteiger partial charge is 0.310 e. The van der Waals surface area contributed by atoms with Gasteiger partial charge in [-0.3, -0.25) is 14.5 Å². The lowest BCUT2D eigenvalue weighted by atomic mass is 10.0. The molecule has 0 amide bonds. The zero-order valence-corrected chi connectivity index (χ0v) is 15.3. The molecule has 0 spiro atoms. The molecule has 1 aliphatic rings. The minimum absolute atomic E-state index is 0.242. The number of nitrogens with zero attached hydrogens (tertiary/aromatic N) is 2. The highest BCUT2D eigenvalue weighted by Crippen LogP contribution is 2.15. The predicted octanol–water partition coefficient (Wildman–Crippen LogP) is 1.28. The Balaban J connectivity index is 2.00. The van der Waals surface area contributed by atoms with E-state index in [1.807, 2.05) is 0 Å². The van der Waals surface area contributed by atoms with E-state index in [0.717, 1.165) is 26.2 Å². The van der Waals surface area contributed by atoms with Gasteiger partial charge in [0.25, 0.3) is 0 Å². The molecular weight excluding hydrogens is 337 g/mol. The zero-order chi connectivity index (χ0) is 19.1. The van der Waals surface area contributed by atoms with Crippen LogP contribution in [0.4, 0.5) is 4.39 Å². The minimum Gasteiger partial charge on any atom is -0.469 e. The summed E-state index contributed by atoms with van der Waals surface area (Å²) in [6, 6.07) is 5.26. The molecule has 0 radical (unpaired) electrons. The Hall–Kier alpha value is -2.25. The summed E-state index contributed by atoms with van der Waals surface area (Å²) in [5.41, 5.74) is 6.65. The number of methoxy groups -OCH3 is 1. The Morgan fingerprint density at radius 3 is 2.42 bits per heavy atom. The number of hydrogen-bond donors (Lipinski definition) is 1. The Morgan fingerprint density at radius 2 is 1.85 bits per heavy atom. The number of allylic oxidation sites excluding steroid dienone is 2. The van der Waals surface area contributed by atoms with Crippen molar-refractivity contribution < 1.29 is 18.7 Å². The molecule has 26 heavy (non-hydrogen) atoms. The topological polar surface area (TPSA) is 75.9 Å². The average molecular weight is 363 g/mol. The zero-order valence-electron chi connectivity index (χ0n) is 15.3. The highest BCUT2D eigenvalue weighted by molar-refractivity contribution is 6.04. The van der Waals surface area contributed by atoms with Crippen LogP contribution in [-0.4, -0.2) is 68.4 Å². The first-order chi connectivity index (χ1) is 12.4. The molecule has 1 aliphatic heterocycles. The molecule has 0 aliphatic carbocycles. The van der Waals surface area contributed by atoms with Crippen molar-refractivity contribution in [3.05, 3.63) is 47.4 Å². The summed E-state index contributed by atoms with van der Waals surface area (Å²) in [6.07, 6.45) is 1.54. The van der Waals surface area contributed by atoms with Crippen LogP contribution in [0.3, 0.4) is 0 Å². The number of likely N-dealkylation sites (N-methyl/N-ethyl adjacent to an activating group) is 1. The Morgan fingerprint density at radius 1 is 1.23 bits per heavy atom. The van der Waals surface area contributed by atoms with Gasteiger partial charge in [-0.05, 0) is 31.3 Å². The molecule has 1 aromatic rings. The first-order valence-electron chi connectivity index (χ1n) is 8.63. The molecule has 2 N–H and O–H groups in total. The summed E-state index contributed by atoms with van der Waals surface area (Å²) in [4.78, 5) is 28.8. The molecule has 2 rings (SSSR count). The number of ether oxygens (including phenoxy) is 1. The van der Waals surface area contributed by atoms with E-state index in [1.165, 1.54) is 37.5 Å². The maximum Gasteiger partial charge on any atom is 0.310 e. The number of ketones is 1. The van der Waals surface area contributed by atoms with Crippen LogP contribution in [0.5, 0.6) is 0 Å². The Labute approximate surface area is 153 Å². The third kappa shape index (κ3) is 5.93. The summed E-state index contributed by atoms with van der Waals surface area (Å²) in [5.74, 6) is -1.49. The second-order valence-electron chi connectivity index (χ2n) is 6.62. The molecule has 1 aromatic carbocycles. The fourth-order valence-electron chi connectivity index (χ4n) is 2.94. The second kappa shape index (κ2) is 9.45. The Kier molecular flexibility index (Phi) is 7.29. The van der Waals surface area contributed by atoms with Crippen molar-refractivity contribution in [3.63, 3.8) is 0 Å². The van der Waals surface area contributed by atoms with E-state index >= 15 is 0 Å². The largest absolute Gasteiger partial charge is 0.469 e. The van der Waals surface area contributed by atoms with Gasteiger partial charge >= 0.3 is 5.97 Å². The third-order valence-electron chi connectivity index (χ3n) is 4.54. The predicted molar refractivity (Wildman–Crippen MR) is 97.1 cm³/mol. The lowest BCUT2D eigenvalue weighted by Crippen LogP contribution is -2.47. The van der Waals surface area contributed by atoms with Crippen LogP contribution in [0, 0.1) is 11.7 Å². The normalized spacial score (nSPS) is 17.7. The molecule has 1 fully saturated rings. The van der Waals surface area contributed by atoms with Crippen molar-refractivity contribution in [2.75, 3.05) is 46.9 Å². The van der Waals surface area contributed by atoms with Crippen LogP contribution in [0.25, 0.3) is 0 Å². The summed E-state index contributed by atoms with van der Waals surface area (Å²) in [7, 11) is 3.42. The number of esters is 1. The molecule has 142 valence electrons. The van der Waals surface area contributed by atoms with Crippen LogP contribution < -0.4 is 5.73 Å². The van der Waals surface area contributed by atoms with Gasteiger partial charge in [-0.1, -0.05) is 0 Å². The molecule has 1 saturated heterocycles. The van der Waals surface area contributed by atoms with Gasteiger partial charge in [-0.25, -0.2) is 4.39 Å². The number of rotatable bonds is 7. The van der Waals surface area contributed by atoms with Crippen molar-refractivity contribution in [1.82, 2.24) is 9.80 Å². The van der Waals surface area contributed by atoms with Gasteiger partial charge in [0.05, 0.1) is 13.0 Å². The minimum atomic E-state index is -0.430. The van der Waals surface area contributed by atoms with Gasteiger partial charge in [0.15, 0.2) is 5.78 Å². The Bertz CT molecular complexity index is 652. The first kappa shape index (κ1) is 20.1. The molecule has 0 bridgehead atoms. The van der Waals surface area contributed by atoms with Gasteiger partial charge in [-0.15, -0.1) is 0 Å². The molecule has 1 atom stereocenters. The standard InChI is InChI=1S/C19H26FN3O3/c1-22-7-9-23(10-8-22)13-15(19(25)26-2)11-17(21)12-18(24)14-3-5-16(20)6-4-14/h3-6,12,15H,7-11,13,21H2,1-2H3/b17-12-. The van der Waals surface area contributed by atoms with E-state index in [4.69, 9.17) is 10.5 Å². The van der Waals surface area contributed by atoms with E-state index in [9.17, 15) is 14.0 Å². The van der Waals surface area contributed by atoms with Crippen LogP contribution in [0.1, 0.15) is 16.8 Å². The van der Waals surface area contributed by atoms with Gasteiger partial charge < -0.3 is 15.4 Å². The number of nitrogens with two attached hydrogens (primary N) is 1. The quantitative estimate of drug-likeness (QED) is 0.447. The fraction of sp³-hybridized carbons (Fsp3) is 0.474. The maximum absolute atomic E-state index is 12.9. The summed E-state index contributed by atoms with van der Waals surface area (Å²) >= 11 is 0. The van der Waals surface area contributed by atoms with Crippen molar-refractivity contribution in [1.29, 1.82) is 0 Å². The number of halogens is 1. The number of benzene rings is 1. The van der Waals surface area contributed by atoms with E-state index in [-0.39, 0.29) is 18.2 Å². The molecular formula is C19H26FN3O3. The highest BCUT2D eigenvalue weighted by atomic mass is 19.1. The number of carbonyl (C=O) groups is 2. The van der Waals surface area contributed by atoms with Crippen LogP contribution in [0.15, 0.2) is 36.0 Å². The number of carbonyl (C=O) groups excluding carboxylic acids is 2. The van der Waals surface area contributed by atoms with Gasteiger partial charge in [0, 0.05) is 56.5 Å². The molecule has 0 aromatic heterocycles. The molecule has 1 heterocycles. The lowest BCUT2D eigenvalue weighted by Gasteiger charge is -2.34. The van der Waals surface area contributed by atoms with E-state index < -0.39 is 11.7 Å². The van der Waals surface area contributed by atoms with Crippen LogP contribution in [0.2, 0.25) is 0 Å². The highest BCUT2D eigenvalue weighted by Gasteiger charge is 2.25. The molecule has 7 heteroatoms. The molecule has 6 nitrogen and oxygen atoms in total. The van der Waals surface area contributed by atoms with E-state index in [1.54, 1.807) is 0 Å². The van der Waals surface area contributed by atoms with E-state index in [0.29, 0.717) is 17.8 Å². The van der Waals surface area contributed by atoms with Gasteiger partial charge in [0.2, 0.25) is 0 Å². The lowest BCUT2D eigenvalue weighted by molar-refractivity contribution is -0.146. The SMILES string of the molecule is COC(=O)C(C/C(N)=C/C(=O)c1ccc(F)cc1)CN1CCN(C)CC1. The summed E-state index contributed by atoms with van der Waals surface area (Å²) in [6.45, 7) is 4.19. The molecule has 0 saturated carbocycles. The summed E-state index contributed by atoms with van der Waals surface area (Å²) < 4.78 is 17.8.